The molecule has 1 aliphatic carbocycles. The van der Waals surface area contributed by atoms with Crippen molar-refractivity contribution in [3.63, 3.8) is 0 Å². The fourth-order valence-electron chi connectivity index (χ4n) is 2.63. The third-order valence-electron chi connectivity index (χ3n) is 3.72. The second-order valence-electron chi connectivity index (χ2n) is 5.81. The van der Waals surface area contributed by atoms with Crippen LogP contribution in [0.4, 0.5) is 0 Å². The summed E-state index contributed by atoms with van der Waals surface area (Å²) in [4.78, 5) is 13.8. The average molecular weight is 323 g/mol. The topological polar surface area (TPSA) is 17.1 Å². The van der Waals surface area contributed by atoms with E-state index in [1.54, 1.807) is 11.3 Å². The third kappa shape index (κ3) is 2.04. The van der Waals surface area contributed by atoms with E-state index < -0.39 is 0 Å². The predicted molar refractivity (Wildman–Crippen MR) is 81.6 cm³/mol. The molecule has 0 amide bonds. The van der Waals surface area contributed by atoms with Gasteiger partial charge in [0, 0.05) is 25.0 Å². The van der Waals surface area contributed by atoms with E-state index in [1.165, 1.54) is 4.88 Å². The maximum Gasteiger partial charge on any atom is 0.191 e. The first-order chi connectivity index (χ1) is 8.46. The summed E-state index contributed by atoms with van der Waals surface area (Å²) in [6.45, 7) is 4.58. The number of hydrogen-bond acceptors (Lipinski definition) is 2. The second-order valence-corrected chi connectivity index (χ2v) is 7.87. The Bertz CT molecular complexity index is 685. The van der Waals surface area contributed by atoms with Crippen LogP contribution in [0.2, 0.25) is 0 Å². The molecule has 0 N–H and O–H groups in total. The van der Waals surface area contributed by atoms with Crippen molar-refractivity contribution in [2.24, 2.45) is 5.41 Å². The van der Waals surface area contributed by atoms with Gasteiger partial charge in [0.1, 0.15) is 0 Å². The highest BCUT2D eigenvalue weighted by atomic mass is 79.9. The van der Waals surface area contributed by atoms with Crippen LogP contribution in [-0.4, -0.2) is 0 Å². The van der Waals surface area contributed by atoms with E-state index in [0.29, 0.717) is 5.41 Å². The molecule has 0 atom stereocenters. The number of hydrogen-bond donors (Lipinski definition) is 0. The minimum absolute atomic E-state index is 0.252. The lowest BCUT2D eigenvalue weighted by Gasteiger charge is -2.30. The van der Waals surface area contributed by atoms with Crippen molar-refractivity contribution in [2.75, 3.05) is 0 Å². The molecular formula is C15H15BrOS. The number of fused-ring (bicyclic) bond motifs is 2. The summed E-state index contributed by atoms with van der Waals surface area (Å²) in [6, 6.07) is 5.96. The zero-order valence-corrected chi connectivity index (χ0v) is 13.0. The van der Waals surface area contributed by atoms with E-state index in [-0.39, 0.29) is 5.43 Å². The third-order valence-corrected chi connectivity index (χ3v) is 5.41. The van der Waals surface area contributed by atoms with E-state index in [2.05, 4.69) is 35.8 Å². The van der Waals surface area contributed by atoms with Gasteiger partial charge >= 0.3 is 0 Å². The number of halogens is 1. The standard InChI is InChI=1S/C15H15BrOS/c1-15(2)6-5-11-13(8-15)18-12-7-9(16)3-4-10(12)14(11)17/h3-4,7H,5-6,8H2,1-2H3. The minimum Gasteiger partial charge on any atom is -0.289 e. The van der Waals surface area contributed by atoms with Crippen molar-refractivity contribution in [3.05, 3.63) is 43.3 Å². The smallest absolute Gasteiger partial charge is 0.191 e. The van der Waals surface area contributed by atoms with Gasteiger partial charge in [-0.05, 0) is 42.9 Å². The highest BCUT2D eigenvalue weighted by molar-refractivity contribution is 9.10. The lowest BCUT2D eigenvalue weighted by atomic mass is 9.77. The minimum atomic E-state index is 0.252. The quantitative estimate of drug-likeness (QED) is 0.696. The van der Waals surface area contributed by atoms with Gasteiger partial charge < -0.3 is 0 Å². The molecule has 0 unspecified atom stereocenters. The Hall–Kier alpha value is -0.670. The molecular weight excluding hydrogens is 308 g/mol. The summed E-state index contributed by atoms with van der Waals surface area (Å²) in [5.41, 5.74) is 1.64. The summed E-state index contributed by atoms with van der Waals surface area (Å²) < 4.78 is 2.14. The summed E-state index contributed by atoms with van der Waals surface area (Å²) in [5.74, 6) is 0. The van der Waals surface area contributed by atoms with Crippen molar-refractivity contribution >= 4 is 37.4 Å². The van der Waals surface area contributed by atoms with Crippen LogP contribution in [0.5, 0.6) is 0 Å². The molecule has 2 aromatic rings. The molecule has 1 nitrogen and oxygen atoms in total. The highest BCUT2D eigenvalue weighted by Crippen LogP contribution is 2.37. The molecule has 0 saturated heterocycles. The summed E-state index contributed by atoms with van der Waals surface area (Å²) >= 11 is 5.27. The largest absolute Gasteiger partial charge is 0.289 e. The maximum atomic E-state index is 12.5. The van der Waals surface area contributed by atoms with Crippen molar-refractivity contribution in [1.29, 1.82) is 0 Å². The van der Waals surface area contributed by atoms with Crippen molar-refractivity contribution in [3.8, 4) is 0 Å². The van der Waals surface area contributed by atoms with Gasteiger partial charge in [0.25, 0.3) is 0 Å². The van der Waals surface area contributed by atoms with Crippen LogP contribution in [0.25, 0.3) is 10.1 Å². The first-order valence-corrected chi connectivity index (χ1v) is 7.81. The Balaban J connectivity index is 2.29. The number of benzene rings is 1. The van der Waals surface area contributed by atoms with Crippen LogP contribution >= 0.6 is 27.3 Å². The van der Waals surface area contributed by atoms with Gasteiger partial charge in [0.2, 0.25) is 0 Å². The van der Waals surface area contributed by atoms with E-state index >= 15 is 0 Å². The van der Waals surface area contributed by atoms with Gasteiger partial charge in [0.15, 0.2) is 5.43 Å². The predicted octanol–water partition coefficient (Wildman–Crippen LogP) is 4.54. The summed E-state index contributed by atoms with van der Waals surface area (Å²) in [5, 5.41) is 0.877. The van der Waals surface area contributed by atoms with Crippen LogP contribution < -0.4 is 5.43 Å². The van der Waals surface area contributed by atoms with E-state index in [9.17, 15) is 4.79 Å². The molecule has 1 aromatic heterocycles. The van der Waals surface area contributed by atoms with Crippen LogP contribution in [0.3, 0.4) is 0 Å². The van der Waals surface area contributed by atoms with Crippen molar-refractivity contribution in [2.45, 2.75) is 33.1 Å². The summed E-state index contributed by atoms with van der Waals surface area (Å²) in [7, 11) is 0. The normalized spacial score (nSPS) is 17.7. The Morgan fingerprint density at radius 3 is 2.89 bits per heavy atom. The molecule has 1 aromatic carbocycles. The molecule has 3 rings (SSSR count). The van der Waals surface area contributed by atoms with Crippen LogP contribution in [-0.2, 0) is 12.8 Å². The zero-order valence-electron chi connectivity index (χ0n) is 10.5. The monoisotopic (exact) mass is 322 g/mol. The Kier molecular flexibility index (Phi) is 2.87. The summed E-state index contributed by atoms with van der Waals surface area (Å²) in [6.07, 6.45) is 3.08. The van der Waals surface area contributed by atoms with Gasteiger partial charge in [-0.2, -0.15) is 0 Å². The van der Waals surface area contributed by atoms with E-state index in [4.69, 9.17) is 0 Å². The molecule has 3 heteroatoms. The molecule has 1 heterocycles. The first kappa shape index (κ1) is 12.4. The fourth-order valence-corrected chi connectivity index (χ4v) is 4.65. The Morgan fingerprint density at radius 1 is 1.33 bits per heavy atom. The molecule has 0 fully saturated rings. The number of rotatable bonds is 0. The Morgan fingerprint density at radius 2 is 2.11 bits per heavy atom. The second kappa shape index (κ2) is 4.17. The van der Waals surface area contributed by atoms with Gasteiger partial charge in [-0.25, -0.2) is 0 Å². The molecule has 18 heavy (non-hydrogen) atoms. The molecule has 94 valence electrons. The highest BCUT2D eigenvalue weighted by Gasteiger charge is 2.27. The van der Waals surface area contributed by atoms with Gasteiger partial charge in [0.05, 0.1) is 0 Å². The van der Waals surface area contributed by atoms with Gasteiger partial charge in [-0.1, -0.05) is 29.8 Å². The lowest BCUT2D eigenvalue weighted by Crippen LogP contribution is -2.26. The van der Waals surface area contributed by atoms with Gasteiger partial charge in [-0.15, -0.1) is 11.3 Å². The van der Waals surface area contributed by atoms with Crippen LogP contribution in [0.1, 0.15) is 30.7 Å². The molecule has 0 saturated carbocycles. The van der Waals surface area contributed by atoms with Crippen molar-refractivity contribution < 1.29 is 0 Å². The average Bonchev–Trinajstić information content (AvgIpc) is 2.27. The fraction of sp³-hybridized carbons (Fsp3) is 0.400. The molecule has 0 aliphatic heterocycles. The molecule has 0 radical (unpaired) electrons. The van der Waals surface area contributed by atoms with E-state index in [0.717, 1.165) is 39.4 Å². The van der Waals surface area contributed by atoms with Crippen molar-refractivity contribution in [1.82, 2.24) is 0 Å². The molecule has 0 spiro atoms. The van der Waals surface area contributed by atoms with E-state index in [1.807, 2.05) is 12.1 Å². The van der Waals surface area contributed by atoms with Gasteiger partial charge in [-0.3, -0.25) is 4.79 Å². The lowest BCUT2D eigenvalue weighted by molar-refractivity contribution is 0.318. The first-order valence-electron chi connectivity index (χ1n) is 6.20. The molecule has 0 bridgehead atoms. The Labute approximate surface area is 119 Å². The van der Waals surface area contributed by atoms with Crippen LogP contribution in [0.15, 0.2) is 27.5 Å². The zero-order chi connectivity index (χ0) is 12.9. The maximum absolute atomic E-state index is 12.5. The SMILES string of the molecule is CC1(C)CCc2c(sc3cc(Br)ccc3c2=O)C1. The van der Waals surface area contributed by atoms with Crippen LogP contribution in [0, 0.1) is 5.41 Å². The molecule has 1 aliphatic rings.